The molecular formula is C12H17ClFN3O4. The molecule has 0 aliphatic rings. The van der Waals surface area contributed by atoms with Gasteiger partial charge in [-0.1, -0.05) is 0 Å². The molecule has 0 aliphatic carbocycles. The topological polar surface area (TPSA) is 93.5 Å². The molecule has 9 heteroatoms. The number of ether oxygens (including phenoxy) is 1. The molecule has 1 aromatic carbocycles. The fourth-order valence-corrected chi connectivity index (χ4v) is 1.46. The quantitative estimate of drug-likeness (QED) is 0.425. The van der Waals surface area contributed by atoms with Crippen LogP contribution in [0, 0.1) is 15.9 Å². The second-order valence-corrected chi connectivity index (χ2v) is 3.92. The minimum atomic E-state index is -0.913. The van der Waals surface area contributed by atoms with Crippen molar-refractivity contribution >= 4 is 24.0 Å². The number of amides is 1. The number of rotatable bonds is 8. The number of nitrogens with zero attached hydrogens (tertiary/aromatic N) is 1. The molecule has 1 amide bonds. The van der Waals surface area contributed by atoms with Crippen LogP contribution >= 0.6 is 12.4 Å². The molecule has 0 saturated carbocycles. The Morgan fingerprint density at radius 3 is 2.67 bits per heavy atom. The first-order valence-corrected chi connectivity index (χ1v) is 5.98. The molecule has 0 aromatic heterocycles. The van der Waals surface area contributed by atoms with Gasteiger partial charge in [-0.05, 0) is 6.07 Å². The van der Waals surface area contributed by atoms with E-state index in [1.807, 2.05) is 0 Å². The van der Waals surface area contributed by atoms with Gasteiger partial charge in [0.2, 0.25) is 0 Å². The Balaban J connectivity index is 0.00000400. The molecule has 0 radical (unpaired) electrons. The lowest BCUT2D eigenvalue weighted by atomic mass is 10.2. The zero-order chi connectivity index (χ0) is 15.0. The number of hydrogen-bond acceptors (Lipinski definition) is 5. The van der Waals surface area contributed by atoms with Crippen molar-refractivity contribution in [2.45, 2.75) is 0 Å². The van der Waals surface area contributed by atoms with Crippen LogP contribution in [0.5, 0.6) is 0 Å². The Kier molecular flexibility index (Phi) is 9.18. The molecule has 7 nitrogen and oxygen atoms in total. The van der Waals surface area contributed by atoms with Crippen molar-refractivity contribution in [3.8, 4) is 0 Å². The van der Waals surface area contributed by atoms with E-state index in [0.717, 1.165) is 18.2 Å². The zero-order valence-corrected chi connectivity index (χ0v) is 12.2. The van der Waals surface area contributed by atoms with Crippen molar-refractivity contribution in [1.82, 2.24) is 10.6 Å². The number of benzene rings is 1. The fourth-order valence-electron chi connectivity index (χ4n) is 1.46. The average Bonchev–Trinajstić information content (AvgIpc) is 2.42. The third-order valence-corrected chi connectivity index (χ3v) is 2.48. The number of non-ortho nitro benzene ring substituents is 1. The standard InChI is InChI=1S/C12H16FN3O4.ClH/c1-20-7-6-14-4-5-15-12(17)10-3-2-9(16(18)19)8-11(10)13;/h2-3,8,14H,4-7H2,1H3,(H,15,17);1H. The first-order chi connectivity index (χ1) is 9.56. The minimum Gasteiger partial charge on any atom is -0.383 e. The maximum Gasteiger partial charge on any atom is 0.272 e. The Bertz CT molecular complexity index is 488. The number of halogens is 2. The van der Waals surface area contributed by atoms with Crippen molar-refractivity contribution < 1.29 is 18.8 Å². The van der Waals surface area contributed by atoms with Crippen molar-refractivity contribution in [2.24, 2.45) is 0 Å². The number of carbonyl (C=O) groups is 1. The van der Waals surface area contributed by atoms with Crippen LogP contribution in [0.1, 0.15) is 10.4 Å². The molecule has 1 rings (SSSR count). The van der Waals surface area contributed by atoms with E-state index in [1.165, 1.54) is 0 Å². The highest BCUT2D eigenvalue weighted by molar-refractivity contribution is 5.94. The van der Waals surface area contributed by atoms with Gasteiger partial charge in [-0.15, -0.1) is 12.4 Å². The Morgan fingerprint density at radius 1 is 1.38 bits per heavy atom. The highest BCUT2D eigenvalue weighted by Crippen LogP contribution is 2.16. The van der Waals surface area contributed by atoms with Crippen LogP contribution in [0.2, 0.25) is 0 Å². The summed E-state index contributed by atoms with van der Waals surface area (Å²) < 4.78 is 18.4. The SMILES string of the molecule is COCCNCCNC(=O)c1ccc([N+](=O)[O-])cc1F.Cl. The molecule has 0 aliphatic heterocycles. The van der Waals surface area contributed by atoms with Gasteiger partial charge in [0, 0.05) is 32.8 Å². The molecule has 0 saturated heterocycles. The average molecular weight is 322 g/mol. The van der Waals surface area contributed by atoms with Crippen LogP contribution in [0.3, 0.4) is 0 Å². The summed E-state index contributed by atoms with van der Waals surface area (Å²) in [5.74, 6) is -1.52. The van der Waals surface area contributed by atoms with Gasteiger partial charge in [0.15, 0.2) is 0 Å². The normalized spacial score (nSPS) is 9.81. The predicted molar refractivity (Wildman–Crippen MR) is 77.4 cm³/mol. The highest BCUT2D eigenvalue weighted by atomic mass is 35.5. The summed E-state index contributed by atoms with van der Waals surface area (Å²) in [6.07, 6.45) is 0. The van der Waals surface area contributed by atoms with E-state index >= 15 is 0 Å². The third-order valence-electron chi connectivity index (χ3n) is 2.48. The summed E-state index contributed by atoms with van der Waals surface area (Å²) in [6, 6.07) is 2.92. The lowest BCUT2D eigenvalue weighted by Crippen LogP contribution is -2.33. The lowest BCUT2D eigenvalue weighted by Gasteiger charge is -2.07. The van der Waals surface area contributed by atoms with E-state index < -0.39 is 16.6 Å². The number of methoxy groups -OCH3 is 1. The van der Waals surface area contributed by atoms with Gasteiger partial charge in [0.25, 0.3) is 11.6 Å². The van der Waals surface area contributed by atoms with Crippen LogP contribution in [0.4, 0.5) is 10.1 Å². The molecule has 0 heterocycles. The Hall–Kier alpha value is -1.77. The van der Waals surface area contributed by atoms with E-state index in [0.29, 0.717) is 26.2 Å². The Morgan fingerprint density at radius 2 is 2.10 bits per heavy atom. The molecule has 21 heavy (non-hydrogen) atoms. The van der Waals surface area contributed by atoms with Gasteiger partial charge >= 0.3 is 0 Å². The summed E-state index contributed by atoms with van der Waals surface area (Å²) in [4.78, 5) is 21.4. The van der Waals surface area contributed by atoms with Crippen LogP contribution < -0.4 is 10.6 Å². The monoisotopic (exact) mass is 321 g/mol. The third kappa shape index (κ3) is 6.48. The number of nitro benzene ring substituents is 1. The molecule has 0 unspecified atom stereocenters. The second-order valence-electron chi connectivity index (χ2n) is 3.92. The maximum absolute atomic E-state index is 13.5. The Labute approximate surface area is 127 Å². The molecule has 0 spiro atoms. The number of carbonyl (C=O) groups excluding carboxylic acids is 1. The number of nitro groups is 1. The fraction of sp³-hybridized carbons (Fsp3) is 0.417. The van der Waals surface area contributed by atoms with Crippen LogP contribution in [-0.4, -0.2) is 44.2 Å². The van der Waals surface area contributed by atoms with E-state index in [2.05, 4.69) is 10.6 Å². The number of hydrogen-bond donors (Lipinski definition) is 2. The summed E-state index contributed by atoms with van der Waals surface area (Å²) in [5.41, 5.74) is -0.604. The maximum atomic E-state index is 13.5. The lowest BCUT2D eigenvalue weighted by molar-refractivity contribution is -0.385. The van der Waals surface area contributed by atoms with Gasteiger partial charge in [-0.25, -0.2) is 4.39 Å². The van der Waals surface area contributed by atoms with E-state index in [9.17, 15) is 19.3 Å². The molecule has 0 atom stereocenters. The molecule has 0 bridgehead atoms. The van der Waals surface area contributed by atoms with Gasteiger partial charge in [0.1, 0.15) is 5.82 Å². The molecule has 1 aromatic rings. The van der Waals surface area contributed by atoms with Gasteiger partial charge in [-0.3, -0.25) is 14.9 Å². The van der Waals surface area contributed by atoms with E-state index in [-0.39, 0.29) is 23.7 Å². The highest BCUT2D eigenvalue weighted by Gasteiger charge is 2.15. The summed E-state index contributed by atoms with van der Waals surface area (Å²) in [7, 11) is 1.58. The van der Waals surface area contributed by atoms with Crippen molar-refractivity contribution in [3.63, 3.8) is 0 Å². The van der Waals surface area contributed by atoms with Crippen molar-refractivity contribution in [2.75, 3.05) is 33.4 Å². The van der Waals surface area contributed by atoms with Crippen LogP contribution in [-0.2, 0) is 4.74 Å². The molecule has 118 valence electrons. The zero-order valence-electron chi connectivity index (χ0n) is 11.4. The van der Waals surface area contributed by atoms with Gasteiger partial charge in [0.05, 0.1) is 23.2 Å². The molecule has 0 fully saturated rings. The summed E-state index contributed by atoms with van der Waals surface area (Å²) >= 11 is 0. The number of nitrogens with one attached hydrogen (secondary N) is 2. The molecular weight excluding hydrogens is 305 g/mol. The summed E-state index contributed by atoms with van der Waals surface area (Å²) in [6.45, 7) is 2.05. The predicted octanol–water partition coefficient (Wildman–Crippen LogP) is 1.12. The van der Waals surface area contributed by atoms with Crippen molar-refractivity contribution in [1.29, 1.82) is 0 Å². The van der Waals surface area contributed by atoms with Gasteiger partial charge < -0.3 is 15.4 Å². The van der Waals surface area contributed by atoms with E-state index in [4.69, 9.17) is 4.74 Å². The van der Waals surface area contributed by atoms with Crippen LogP contribution in [0.15, 0.2) is 18.2 Å². The van der Waals surface area contributed by atoms with E-state index in [1.54, 1.807) is 7.11 Å². The smallest absolute Gasteiger partial charge is 0.272 e. The summed E-state index contributed by atoms with van der Waals surface area (Å²) in [5, 5.41) is 16.0. The van der Waals surface area contributed by atoms with Gasteiger partial charge in [-0.2, -0.15) is 0 Å². The minimum absolute atomic E-state index is 0. The van der Waals surface area contributed by atoms with Crippen molar-refractivity contribution in [3.05, 3.63) is 39.7 Å². The second kappa shape index (κ2) is 10.0. The largest absolute Gasteiger partial charge is 0.383 e. The first-order valence-electron chi connectivity index (χ1n) is 5.98. The van der Waals surface area contributed by atoms with Crippen LogP contribution in [0.25, 0.3) is 0 Å². The first kappa shape index (κ1) is 19.2. The molecule has 2 N–H and O–H groups in total.